The van der Waals surface area contributed by atoms with E-state index in [-0.39, 0.29) is 11.2 Å². The first-order valence-electron chi connectivity index (χ1n) is 7.35. The van der Waals surface area contributed by atoms with E-state index in [1.54, 1.807) is 0 Å². The van der Waals surface area contributed by atoms with E-state index in [1.165, 1.54) is 23.1 Å². The molecule has 2 rings (SSSR count). The predicted molar refractivity (Wildman–Crippen MR) is 97.3 cm³/mol. The number of rotatable bonds is 8. The average Bonchev–Trinajstić information content (AvgIpc) is 2.99. The molecule has 5 nitrogen and oxygen atoms in total. The molecule has 0 unspecified atom stereocenters. The third-order valence-electron chi connectivity index (χ3n) is 2.99. The van der Waals surface area contributed by atoms with Crippen LogP contribution >= 0.6 is 34.7 Å². The Balaban J connectivity index is 1.83. The van der Waals surface area contributed by atoms with Crippen LogP contribution in [0.4, 0.5) is 5.13 Å². The average molecular weight is 371 g/mol. The van der Waals surface area contributed by atoms with Crippen LogP contribution < -0.4 is 10.6 Å². The van der Waals surface area contributed by atoms with Gasteiger partial charge in [-0.3, -0.25) is 4.79 Å². The van der Waals surface area contributed by atoms with E-state index in [4.69, 9.17) is 11.6 Å². The number of benzene rings is 1. The summed E-state index contributed by atoms with van der Waals surface area (Å²) < 4.78 is 0.781. The lowest BCUT2D eigenvalue weighted by molar-refractivity contribution is -0.120. The number of halogens is 1. The Hall–Kier alpha value is -1.31. The minimum absolute atomic E-state index is 0.0480. The van der Waals surface area contributed by atoms with Crippen LogP contribution in [0.1, 0.15) is 25.8 Å². The summed E-state index contributed by atoms with van der Waals surface area (Å²) >= 11 is 8.95. The van der Waals surface area contributed by atoms with Crippen LogP contribution in [0.5, 0.6) is 0 Å². The summed E-state index contributed by atoms with van der Waals surface area (Å²) in [5.41, 5.74) is 0.904. The normalized spacial score (nSPS) is 12.0. The number of amides is 1. The molecule has 0 aliphatic heterocycles. The molecule has 124 valence electrons. The second-order valence-corrected chi connectivity index (χ2v) is 7.84. The van der Waals surface area contributed by atoms with Gasteiger partial charge in [-0.25, -0.2) is 0 Å². The first kappa shape index (κ1) is 18.0. The van der Waals surface area contributed by atoms with Gasteiger partial charge in [0.2, 0.25) is 11.0 Å². The Labute approximate surface area is 149 Å². The minimum Gasteiger partial charge on any atom is -0.360 e. The van der Waals surface area contributed by atoms with E-state index in [0.717, 1.165) is 28.0 Å². The summed E-state index contributed by atoms with van der Waals surface area (Å²) in [6.07, 6.45) is 1.03. The summed E-state index contributed by atoms with van der Waals surface area (Å²) in [5, 5.41) is 15.4. The van der Waals surface area contributed by atoms with Crippen LogP contribution in [0, 0.1) is 0 Å². The smallest absolute Gasteiger partial charge is 0.233 e. The van der Waals surface area contributed by atoms with Gasteiger partial charge in [-0.1, -0.05) is 59.8 Å². The number of hydrogen-bond donors (Lipinski definition) is 2. The molecule has 1 atom stereocenters. The van der Waals surface area contributed by atoms with Crippen LogP contribution in [0.15, 0.2) is 28.6 Å². The first-order chi connectivity index (χ1) is 11.1. The van der Waals surface area contributed by atoms with Crippen LogP contribution in [0.2, 0.25) is 5.02 Å². The maximum absolute atomic E-state index is 12.2. The Morgan fingerprint density at radius 1 is 1.39 bits per heavy atom. The molecule has 1 aromatic heterocycles. The highest BCUT2D eigenvalue weighted by Crippen LogP contribution is 2.29. The summed E-state index contributed by atoms with van der Waals surface area (Å²) in [7, 11) is 0. The lowest BCUT2D eigenvalue weighted by Gasteiger charge is -2.11. The highest BCUT2D eigenvalue weighted by atomic mass is 35.5. The Morgan fingerprint density at radius 2 is 2.17 bits per heavy atom. The quantitative estimate of drug-likeness (QED) is 0.691. The SMILES string of the molecule is CCCNc1nnc(S[C@@H](C)C(=O)NCc2ccccc2Cl)s1. The van der Waals surface area contributed by atoms with Gasteiger partial charge in [0.1, 0.15) is 0 Å². The number of anilines is 1. The molecule has 2 N–H and O–H groups in total. The second-order valence-electron chi connectivity index (χ2n) is 4.87. The number of nitrogens with zero attached hydrogens (tertiary/aromatic N) is 2. The molecule has 1 amide bonds. The molecule has 0 aliphatic carbocycles. The van der Waals surface area contributed by atoms with E-state index in [9.17, 15) is 4.79 Å². The summed E-state index contributed by atoms with van der Waals surface area (Å²) in [5.74, 6) is -0.0480. The molecule has 0 saturated heterocycles. The predicted octanol–water partition coefficient (Wildman–Crippen LogP) is 3.81. The highest BCUT2D eigenvalue weighted by molar-refractivity contribution is 8.02. The zero-order valence-corrected chi connectivity index (χ0v) is 15.4. The number of carbonyl (C=O) groups is 1. The number of carbonyl (C=O) groups excluding carboxylic acids is 1. The molecule has 0 radical (unpaired) electrons. The lowest BCUT2D eigenvalue weighted by atomic mass is 10.2. The molecular weight excluding hydrogens is 352 g/mol. The van der Waals surface area contributed by atoms with Crippen LogP contribution in [-0.2, 0) is 11.3 Å². The molecule has 1 heterocycles. The number of aromatic nitrogens is 2. The van der Waals surface area contributed by atoms with Gasteiger partial charge in [0.15, 0.2) is 4.34 Å². The zero-order valence-electron chi connectivity index (χ0n) is 13.0. The molecule has 0 aliphatic rings. The Morgan fingerprint density at radius 3 is 2.91 bits per heavy atom. The fourth-order valence-electron chi connectivity index (χ4n) is 1.73. The van der Waals surface area contributed by atoms with E-state index >= 15 is 0 Å². The summed E-state index contributed by atoms with van der Waals surface area (Å²) in [4.78, 5) is 12.2. The molecule has 8 heteroatoms. The van der Waals surface area contributed by atoms with Crippen LogP contribution in [0.3, 0.4) is 0 Å². The molecular formula is C15H19ClN4OS2. The number of thioether (sulfide) groups is 1. The molecule has 0 bridgehead atoms. The lowest BCUT2D eigenvalue weighted by Crippen LogP contribution is -2.30. The van der Waals surface area contributed by atoms with Crippen molar-refractivity contribution < 1.29 is 4.79 Å². The minimum atomic E-state index is -0.246. The second kappa shape index (κ2) is 9.10. The van der Waals surface area contributed by atoms with Crippen molar-refractivity contribution in [2.75, 3.05) is 11.9 Å². The number of hydrogen-bond acceptors (Lipinski definition) is 6. The van der Waals surface area contributed by atoms with Crippen LogP contribution in [-0.4, -0.2) is 27.9 Å². The van der Waals surface area contributed by atoms with E-state index in [0.29, 0.717) is 11.6 Å². The Bertz CT molecular complexity index is 650. The fraction of sp³-hybridized carbons (Fsp3) is 0.400. The van der Waals surface area contributed by atoms with Gasteiger partial charge in [-0.05, 0) is 25.0 Å². The van der Waals surface area contributed by atoms with Crippen molar-refractivity contribution in [1.29, 1.82) is 0 Å². The van der Waals surface area contributed by atoms with E-state index < -0.39 is 0 Å². The largest absolute Gasteiger partial charge is 0.360 e. The van der Waals surface area contributed by atoms with Crippen molar-refractivity contribution in [3.63, 3.8) is 0 Å². The van der Waals surface area contributed by atoms with Crippen molar-refractivity contribution in [2.24, 2.45) is 0 Å². The molecule has 0 fully saturated rings. The van der Waals surface area contributed by atoms with Gasteiger partial charge < -0.3 is 10.6 Å². The zero-order chi connectivity index (χ0) is 16.7. The fourth-order valence-corrected chi connectivity index (χ4v) is 3.88. The van der Waals surface area contributed by atoms with Crippen molar-refractivity contribution in [1.82, 2.24) is 15.5 Å². The standard InChI is InChI=1S/C15H19ClN4OS2/c1-3-8-17-14-19-20-15(23-14)22-10(2)13(21)18-9-11-6-4-5-7-12(11)16/h4-7,10H,3,8-9H2,1-2H3,(H,17,19)(H,18,21)/t10-/m0/s1. The Kier molecular flexibility index (Phi) is 7.14. The highest BCUT2D eigenvalue weighted by Gasteiger charge is 2.17. The third kappa shape index (κ3) is 5.67. The molecule has 0 saturated carbocycles. The molecule has 2 aromatic rings. The molecule has 1 aromatic carbocycles. The van der Waals surface area contributed by atoms with Crippen molar-refractivity contribution in [3.8, 4) is 0 Å². The van der Waals surface area contributed by atoms with E-state index in [1.807, 2.05) is 31.2 Å². The third-order valence-corrected chi connectivity index (χ3v) is 5.42. The molecule has 0 spiro atoms. The van der Waals surface area contributed by atoms with Crippen molar-refractivity contribution in [2.45, 2.75) is 36.4 Å². The van der Waals surface area contributed by atoms with Gasteiger partial charge in [0, 0.05) is 18.1 Å². The van der Waals surface area contributed by atoms with Gasteiger partial charge in [-0.15, -0.1) is 10.2 Å². The topological polar surface area (TPSA) is 66.9 Å². The van der Waals surface area contributed by atoms with E-state index in [2.05, 4.69) is 27.8 Å². The van der Waals surface area contributed by atoms with Crippen molar-refractivity contribution in [3.05, 3.63) is 34.9 Å². The monoisotopic (exact) mass is 370 g/mol. The number of nitrogens with one attached hydrogen (secondary N) is 2. The maximum atomic E-state index is 12.2. The van der Waals surface area contributed by atoms with Crippen LogP contribution in [0.25, 0.3) is 0 Å². The van der Waals surface area contributed by atoms with Gasteiger partial charge in [0.25, 0.3) is 0 Å². The van der Waals surface area contributed by atoms with Crippen molar-refractivity contribution >= 4 is 45.7 Å². The maximum Gasteiger partial charge on any atom is 0.233 e. The van der Waals surface area contributed by atoms with Gasteiger partial charge >= 0.3 is 0 Å². The van der Waals surface area contributed by atoms with Gasteiger partial charge in [0.05, 0.1) is 5.25 Å². The van der Waals surface area contributed by atoms with Gasteiger partial charge in [-0.2, -0.15) is 0 Å². The summed E-state index contributed by atoms with van der Waals surface area (Å²) in [6.45, 7) is 5.23. The molecule has 23 heavy (non-hydrogen) atoms. The summed E-state index contributed by atoms with van der Waals surface area (Å²) in [6, 6.07) is 7.48. The first-order valence-corrected chi connectivity index (χ1v) is 9.42.